The third kappa shape index (κ3) is 2.82. The molecule has 2 aliphatic rings. The number of para-hydroxylation sites is 1. The number of anilines is 1. The highest BCUT2D eigenvalue weighted by molar-refractivity contribution is 5.98. The van der Waals surface area contributed by atoms with Crippen LogP contribution in [0.1, 0.15) is 30.1 Å². The normalized spacial score (nSPS) is 21.9. The zero-order valence-corrected chi connectivity index (χ0v) is 13.4. The summed E-state index contributed by atoms with van der Waals surface area (Å²) in [6, 6.07) is 11.7. The Kier molecular flexibility index (Phi) is 3.84. The molecule has 0 spiro atoms. The molecule has 4 rings (SSSR count). The van der Waals surface area contributed by atoms with Gasteiger partial charge in [0.05, 0.1) is 12.8 Å². The molecule has 1 aliphatic carbocycles. The minimum atomic E-state index is -0.0717. The summed E-state index contributed by atoms with van der Waals surface area (Å²) in [7, 11) is 0. The van der Waals surface area contributed by atoms with Crippen molar-refractivity contribution in [3.05, 3.63) is 54.0 Å². The van der Waals surface area contributed by atoms with Crippen molar-refractivity contribution in [1.29, 1.82) is 0 Å². The van der Waals surface area contributed by atoms with Crippen LogP contribution in [0.25, 0.3) is 0 Å². The molecule has 24 heavy (non-hydrogen) atoms. The molecule has 2 unspecified atom stereocenters. The number of fused-ring (bicyclic) bond motifs is 1. The second kappa shape index (κ2) is 6.15. The number of hydrogen-bond acceptors (Lipinski definition) is 3. The summed E-state index contributed by atoms with van der Waals surface area (Å²) in [4.78, 5) is 26.5. The fourth-order valence-corrected chi connectivity index (χ4v) is 3.48. The predicted octanol–water partition coefficient (Wildman–Crippen LogP) is 2.48. The lowest BCUT2D eigenvalue weighted by atomic mass is 10.0. The molecule has 5 heteroatoms. The van der Waals surface area contributed by atoms with Gasteiger partial charge in [-0.3, -0.25) is 9.59 Å². The largest absolute Gasteiger partial charge is 0.469 e. The highest BCUT2D eigenvalue weighted by Crippen LogP contribution is 2.47. The van der Waals surface area contributed by atoms with E-state index in [2.05, 4.69) is 11.4 Å². The Morgan fingerprint density at radius 1 is 1.21 bits per heavy atom. The Morgan fingerprint density at radius 3 is 2.92 bits per heavy atom. The molecule has 1 aromatic heterocycles. The van der Waals surface area contributed by atoms with Gasteiger partial charge in [0.15, 0.2) is 0 Å². The molecule has 5 nitrogen and oxygen atoms in total. The van der Waals surface area contributed by atoms with Crippen molar-refractivity contribution >= 4 is 17.5 Å². The summed E-state index contributed by atoms with van der Waals surface area (Å²) in [5, 5.41) is 2.79. The quantitative estimate of drug-likeness (QED) is 0.940. The second-order valence-electron chi connectivity index (χ2n) is 6.46. The molecule has 1 aromatic carbocycles. The van der Waals surface area contributed by atoms with Gasteiger partial charge in [0, 0.05) is 24.1 Å². The molecule has 2 atom stereocenters. The van der Waals surface area contributed by atoms with Crippen molar-refractivity contribution in [2.24, 2.45) is 5.92 Å². The van der Waals surface area contributed by atoms with Gasteiger partial charge in [0.1, 0.15) is 5.76 Å². The molecule has 1 N–H and O–H groups in total. The summed E-state index contributed by atoms with van der Waals surface area (Å²) in [5.41, 5.74) is 2.17. The van der Waals surface area contributed by atoms with Crippen molar-refractivity contribution in [2.45, 2.75) is 25.2 Å². The number of aryl methyl sites for hydroxylation is 1. The zero-order chi connectivity index (χ0) is 16.5. The number of amides is 2. The van der Waals surface area contributed by atoms with Crippen molar-refractivity contribution in [1.82, 2.24) is 5.32 Å². The number of furan rings is 1. The van der Waals surface area contributed by atoms with Crippen LogP contribution in [0.4, 0.5) is 5.69 Å². The summed E-state index contributed by atoms with van der Waals surface area (Å²) < 4.78 is 5.34. The van der Waals surface area contributed by atoms with Crippen LogP contribution in [0.2, 0.25) is 0 Å². The lowest BCUT2D eigenvalue weighted by molar-refractivity contribution is -0.125. The van der Waals surface area contributed by atoms with Gasteiger partial charge < -0.3 is 14.6 Å². The van der Waals surface area contributed by atoms with Crippen LogP contribution < -0.4 is 10.2 Å². The SMILES string of the molecule is O=C(NCC(=O)N1CCCc2ccccc21)C1CC1c1ccco1. The Labute approximate surface area is 140 Å². The Balaban J connectivity index is 1.34. The van der Waals surface area contributed by atoms with E-state index in [-0.39, 0.29) is 30.2 Å². The first-order valence-electron chi connectivity index (χ1n) is 8.43. The molecule has 1 aliphatic heterocycles. The van der Waals surface area contributed by atoms with E-state index in [0.717, 1.165) is 30.7 Å². The molecule has 0 bridgehead atoms. The van der Waals surface area contributed by atoms with Crippen LogP contribution in [0.5, 0.6) is 0 Å². The Hall–Kier alpha value is -2.56. The minimum absolute atomic E-state index is 0.0501. The lowest BCUT2D eigenvalue weighted by Crippen LogP contribution is -2.43. The van der Waals surface area contributed by atoms with Crippen LogP contribution in [-0.2, 0) is 16.0 Å². The highest BCUT2D eigenvalue weighted by atomic mass is 16.3. The van der Waals surface area contributed by atoms with Gasteiger partial charge in [0.2, 0.25) is 11.8 Å². The van der Waals surface area contributed by atoms with Gasteiger partial charge in [-0.2, -0.15) is 0 Å². The summed E-state index contributed by atoms with van der Waals surface area (Å²) in [6.07, 6.45) is 4.37. The monoisotopic (exact) mass is 324 g/mol. The van der Waals surface area contributed by atoms with E-state index in [1.165, 1.54) is 5.56 Å². The standard InChI is InChI=1S/C19H20N2O3/c22-18(21-9-3-6-13-5-1-2-7-16(13)21)12-20-19(23)15-11-14(15)17-8-4-10-24-17/h1-2,4-5,7-8,10,14-15H,3,6,9,11-12H2,(H,20,23). The van der Waals surface area contributed by atoms with Crippen LogP contribution in [0, 0.1) is 5.92 Å². The third-order valence-electron chi connectivity index (χ3n) is 4.86. The maximum absolute atomic E-state index is 12.5. The maximum atomic E-state index is 12.5. The van der Waals surface area contributed by atoms with Crippen LogP contribution in [0.3, 0.4) is 0 Å². The molecule has 2 amide bonds. The van der Waals surface area contributed by atoms with Crippen molar-refractivity contribution in [3.63, 3.8) is 0 Å². The van der Waals surface area contributed by atoms with Gasteiger partial charge in [-0.05, 0) is 43.0 Å². The summed E-state index contributed by atoms with van der Waals surface area (Å²) in [5.74, 6) is 0.829. The van der Waals surface area contributed by atoms with E-state index in [0.29, 0.717) is 6.54 Å². The number of benzene rings is 1. The summed E-state index contributed by atoms with van der Waals surface area (Å²) in [6.45, 7) is 0.763. The molecule has 1 saturated carbocycles. The van der Waals surface area contributed by atoms with Crippen molar-refractivity contribution in [3.8, 4) is 0 Å². The Morgan fingerprint density at radius 2 is 2.08 bits per heavy atom. The third-order valence-corrected chi connectivity index (χ3v) is 4.86. The van der Waals surface area contributed by atoms with Gasteiger partial charge in [0.25, 0.3) is 0 Å². The van der Waals surface area contributed by atoms with Crippen LogP contribution in [0.15, 0.2) is 47.1 Å². The van der Waals surface area contributed by atoms with Gasteiger partial charge in [-0.1, -0.05) is 18.2 Å². The van der Waals surface area contributed by atoms with E-state index < -0.39 is 0 Å². The first-order valence-corrected chi connectivity index (χ1v) is 8.43. The molecular weight excluding hydrogens is 304 g/mol. The average molecular weight is 324 g/mol. The van der Waals surface area contributed by atoms with Crippen molar-refractivity contribution < 1.29 is 14.0 Å². The van der Waals surface area contributed by atoms with Gasteiger partial charge in [-0.15, -0.1) is 0 Å². The molecule has 124 valence electrons. The molecule has 0 radical (unpaired) electrons. The number of hydrogen-bond donors (Lipinski definition) is 1. The van der Waals surface area contributed by atoms with E-state index in [1.807, 2.05) is 30.3 Å². The number of nitrogens with zero attached hydrogens (tertiary/aromatic N) is 1. The van der Waals surface area contributed by atoms with Crippen LogP contribution >= 0.6 is 0 Å². The fraction of sp³-hybridized carbons (Fsp3) is 0.368. The van der Waals surface area contributed by atoms with E-state index >= 15 is 0 Å². The lowest BCUT2D eigenvalue weighted by Gasteiger charge is -2.29. The van der Waals surface area contributed by atoms with E-state index in [9.17, 15) is 9.59 Å². The number of rotatable bonds is 4. The van der Waals surface area contributed by atoms with E-state index in [4.69, 9.17) is 4.42 Å². The van der Waals surface area contributed by atoms with Crippen LogP contribution in [-0.4, -0.2) is 24.9 Å². The number of nitrogens with one attached hydrogen (secondary N) is 1. The van der Waals surface area contributed by atoms with Gasteiger partial charge in [-0.25, -0.2) is 0 Å². The number of carbonyl (C=O) groups is 2. The molecular formula is C19H20N2O3. The van der Waals surface area contributed by atoms with Gasteiger partial charge >= 0.3 is 0 Å². The average Bonchev–Trinajstić information content (AvgIpc) is 3.24. The van der Waals surface area contributed by atoms with Crippen molar-refractivity contribution in [2.75, 3.05) is 18.0 Å². The smallest absolute Gasteiger partial charge is 0.246 e. The first-order chi connectivity index (χ1) is 11.7. The minimum Gasteiger partial charge on any atom is -0.469 e. The predicted molar refractivity (Wildman–Crippen MR) is 89.7 cm³/mol. The number of carbonyl (C=O) groups excluding carboxylic acids is 2. The second-order valence-corrected chi connectivity index (χ2v) is 6.46. The topological polar surface area (TPSA) is 62.6 Å². The fourth-order valence-electron chi connectivity index (χ4n) is 3.48. The van der Waals surface area contributed by atoms with E-state index in [1.54, 1.807) is 11.2 Å². The molecule has 1 fully saturated rings. The maximum Gasteiger partial charge on any atom is 0.246 e. The molecule has 0 saturated heterocycles. The zero-order valence-electron chi connectivity index (χ0n) is 13.4. The molecule has 2 aromatic rings. The Bertz CT molecular complexity index is 754. The molecule has 2 heterocycles. The first kappa shape index (κ1) is 15.0. The highest BCUT2D eigenvalue weighted by Gasteiger charge is 2.45. The summed E-state index contributed by atoms with van der Waals surface area (Å²) >= 11 is 0.